The zero-order valence-corrected chi connectivity index (χ0v) is 17.3. The van der Waals surface area contributed by atoms with Crippen LogP contribution in [0.1, 0.15) is 26.3 Å². The molecule has 0 bridgehead atoms. The number of hydrogen-bond donors (Lipinski definition) is 1. The van der Waals surface area contributed by atoms with E-state index >= 15 is 0 Å². The third-order valence-electron chi connectivity index (χ3n) is 4.68. The average molecular weight is 396 g/mol. The highest BCUT2D eigenvalue weighted by Crippen LogP contribution is 2.22. The van der Waals surface area contributed by atoms with Crippen LogP contribution in [0.25, 0.3) is 11.1 Å². The second-order valence-electron chi connectivity index (χ2n) is 8.15. The van der Waals surface area contributed by atoms with Crippen LogP contribution in [0.2, 0.25) is 0 Å². The van der Waals surface area contributed by atoms with E-state index in [9.17, 15) is 4.79 Å². The Bertz CT molecular complexity index is 833. The monoisotopic (exact) mass is 395 g/mol. The molecule has 1 fully saturated rings. The molecule has 154 valence electrons. The number of pyridine rings is 1. The number of rotatable bonds is 5. The van der Waals surface area contributed by atoms with E-state index < -0.39 is 5.60 Å². The summed E-state index contributed by atoms with van der Waals surface area (Å²) in [6.45, 7) is 9.30. The van der Waals surface area contributed by atoms with Gasteiger partial charge in [-0.2, -0.15) is 5.10 Å². The highest BCUT2D eigenvalue weighted by Gasteiger charge is 2.23. The molecule has 1 saturated heterocycles. The van der Waals surface area contributed by atoms with E-state index in [2.05, 4.69) is 26.0 Å². The molecule has 0 unspecified atom stereocenters. The van der Waals surface area contributed by atoms with Crippen molar-refractivity contribution < 1.29 is 9.53 Å². The van der Waals surface area contributed by atoms with Crippen LogP contribution in [0.3, 0.4) is 0 Å². The van der Waals surface area contributed by atoms with Crippen LogP contribution in [0.15, 0.2) is 47.7 Å². The van der Waals surface area contributed by atoms with Gasteiger partial charge in [0.15, 0.2) is 0 Å². The summed E-state index contributed by atoms with van der Waals surface area (Å²) in [5.41, 5.74) is 2.68. The first-order chi connectivity index (χ1) is 13.8. The summed E-state index contributed by atoms with van der Waals surface area (Å²) < 4.78 is 5.41. The number of piperazine rings is 1. The van der Waals surface area contributed by atoms with Crippen LogP contribution >= 0.6 is 0 Å². The van der Waals surface area contributed by atoms with Crippen molar-refractivity contribution in [3.63, 3.8) is 0 Å². The highest BCUT2D eigenvalue weighted by atomic mass is 16.6. The number of nitrogens with two attached hydrogens (primary N) is 1. The number of hydrazone groups is 1. The third kappa shape index (κ3) is 6.02. The van der Waals surface area contributed by atoms with Gasteiger partial charge in [-0.1, -0.05) is 24.3 Å². The fourth-order valence-corrected chi connectivity index (χ4v) is 3.28. The molecule has 7 nitrogen and oxygen atoms in total. The summed E-state index contributed by atoms with van der Waals surface area (Å²) in [4.78, 5) is 21.0. The summed E-state index contributed by atoms with van der Waals surface area (Å²) >= 11 is 0. The van der Waals surface area contributed by atoms with Crippen LogP contribution in [0.5, 0.6) is 0 Å². The zero-order valence-electron chi connectivity index (χ0n) is 17.3. The molecule has 0 atom stereocenters. The predicted octanol–water partition coefficient (Wildman–Crippen LogP) is 2.50. The van der Waals surface area contributed by atoms with Crippen molar-refractivity contribution in [1.29, 1.82) is 0 Å². The predicted molar refractivity (Wildman–Crippen MR) is 116 cm³/mol. The van der Waals surface area contributed by atoms with Crippen LogP contribution in [0.4, 0.5) is 5.82 Å². The standard InChI is InChI=1S/C22H29N5O2/c1-22(2,3)29-21(28)16-26-10-12-27(13-11-26)20-9-8-19(15-24-20)18-6-4-17(5-7-18)14-25-23/h4-9,14-15H,10-13,16,23H2,1-3H3. The maximum atomic E-state index is 12.0. The molecule has 3 rings (SSSR count). The molecule has 0 spiro atoms. The van der Waals surface area contributed by atoms with Crippen molar-refractivity contribution >= 4 is 18.0 Å². The van der Waals surface area contributed by atoms with Gasteiger partial charge >= 0.3 is 5.97 Å². The van der Waals surface area contributed by atoms with Crippen LogP contribution in [-0.4, -0.2) is 60.4 Å². The van der Waals surface area contributed by atoms with E-state index in [1.807, 2.05) is 57.3 Å². The number of anilines is 1. The van der Waals surface area contributed by atoms with Crippen molar-refractivity contribution in [2.24, 2.45) is 10.9 Å². The lowest BCUT2D eigenvalue weighted by Crippen LogP contribution is -2.48. The topological polar surface area (TPSA) is 84.0 Å². The Morgan fingerprint density at radius 1 is 1.10 bits per heavy atom. The molecule has 2 N–H and O–H groups in total. The lowest BCUT2D eigenvalue weighted by molar-refractivity contribution is -0.156. The van der Waals surface area contributed by atoms with Gasteiger partial charge in [0.25, 0.3) is 0 Å². The largest absolute Gasteiger partial charge is 0.459 e. The molecule has 1 aromatic carbocycles. The van der Waals surface area contributed by atoms with Crippen LogP contribution in [0, 0.1) is 0 Å². The summed E-state index contributed by atoms with van der Waals surface area (Å²) in [7, 11) is 0. The Morgan fingerprint density at radius 3 is 2.31 bits per heavy atom. The second kappa shape index (κ2) is 9.05. The molecule has 2 aromatic rings. The number of benzene rings is 1. The molecule has 0 aliphatic carbocycles. The lowest BCUT2D eigenvalue weighted by Gasteiger charge is -2.35. The first-order valence-electron chi connectivity index (χ1n) is 9.83. The van der Waals surface area contributed by atoms with Gasteiger partial charge in [0.05, 0.1) is 12.8 Å². The quantitative estimate of drug-likeness (QED) is 0.362. The van der Waals surface area contributed by atoms with Crippen molar-refractivity contribution in [3.8, 4) is 11.1 Å². The van der Waals surface area contributed by atoms with Gasteiger partial charge in [0, 0.05) is 37.9 Å². The molecule has 0 saturated carbocycles. The van der Waals surface area contributed by atoms with Gasteiger partial charge in [0.1, 0.15) is 11.4 Å². The Balaban J connectivity index is 1.54. The van der Waals surface area contributed by atoms with Gasteiger partial charge in [-0.25, -0.2) is 4.98 Å². The zero-order chi connectivity index (χ0) is 20.9. The molecule has 0 radical (unpaired) electrons. The van der Waals surface area contributed by atoms with Crippen molar-refractivity contribution in [2.45, 2.75) is 26.4 Å². The van der Waals surface area contributed by atoms with Gasteiger partial charge in [-0.15, -0.1) is 0 Å². The summed E-state index contributed by atoms with van der Waals surface area (Å²) in [5, 5.41) is 3.54. The molecule has 1 aliphatic heterocycles. The second-order valence-corrected chi connectivity index (χ2v) is 8.15. The van der Waals surface area contributed by atoms with E-state index in [-0.39, 0.29) is 5.97 Å². The minimum absolute atomic E-state index is 0.169. The molecule has 1 aliphatic rings. The SMILES string of the molecule is CC(C)(C)OC(=O)CN1CCN(c2ccc(-c3ccc(C=NN)cc3)cn2)CC1. The molecule has 1 aromatic heterocycles. The molecule has 2 heterocycles. The molecule has 0 amide bonds. The summed E-state index contributed by atoms with van der Waals surface area (Å²) in [5.74, 6) is 5.97. The fourth-order valence-electron chi connectivity index (χ4n) is 3.28. The van der Waals surface area contributed by atoms with E-state index in [0.717, 1.165) is 48.7 Å². The first kappa shape index (κ1) is 20.8. The number of carbonyl (C=O) groups is 1. The first-order valence-corrected chi connectivity index (χ1v) is 9.83. The van der Waals surface area contributed by atoms with Crippen molar-refractivity contribution in [3.05, 3.63) is 48.2 Å². The highest BCUT2D eigenvalue weighted by molar-refractivity contribution is 5.80. The van der Waals surface area contributed by atoms with Crippen LogP contribution < -0.4 is 10.7 Å². The number of ether oxygens (including phenoxy) is 1. The lowest BCUT2D eigenvalue weighted by atomic mass is 10.1. The minimum atomic E-state index is -0.442. The molecule has 29 heavy (non-hydrogen) atoms. The van der Waals surface area contributed by atoms with Crippen molar-refractivity contribution in [1.82, 2.24) is 9.88 Å². The molecule has 7 heteroatoms. The normalized spacial score (nSPS) is 15.6. The van der Waals surface area contributed by atoms with Gasteiger partial charge in [-0.3, -0.25) is 9.69 Å². The smallest absolute Gasteiger partial charge is 0.320 e. The minimum Gasteiger partial charge on any atom is -0.459 e. The maximum Gasteiger partial charge on any atom is 0.320 e. The van der Waals surface area contributed by atoms with E-state index in [0.29, 0.717) is 6.54 Å². The fraction of sp³-hybridized carbons (Fsp3) is 0.409. The Morgan fingerprint density at radius 2 is 1.76 bits per heavy atom. The maximum absolute atomic E-state index is 12.0. The summed E-state index contributed by atoms with van der Waals surface area (Å²) in [6, 6.07) is 12.1. The van der Waals surface area contributed by atoms with Crippen LogP contribution in [-0.2, 0) is 9.53 Å². The number of hydrogen-bond acceptors (Lipinski definition) is 7. The Hall–Kier alpha value is -2.93. The molecular formula is C22H29N5O2. The van der Waals surface area contributed by atoms with Gasteiger partial charge < -0.3 is 15.5 Å². The van der Waals surface area contributed by atoms with Gasteiger partial charge in [-0.05, 0) is 44.0 Å². The number of nitrogens with zero attached hydrogens (tertiary/aromatic N) is 4. The van der Waals surface area contributed by atoms with Gasteiger partial charge in [0.2, 0.25) is 0 Å². The van der Waals surface area contributed by atoms with E-state index in [1.165, 1.54) is 0 Å². The van der Waals surface area contributed by atoms with E-state index in [4.69, 9.17) is 10.6 Å². The number of esters is 1. The Labute approximate surface area is 172 Å². The molecular weight excluding hydrogens is 366 g/mol. The summed E-state index contributed by atoms with van der Waals surface area (Å²) in [6.07, 6.45) is 3.52. The Kier molecular flexibility index (Phi) is 6.49. The number of aromatic nitrogens is 1. The van der Waals surface area contributed by atoms with Crippen molar-refractivity contribution in [2.75, 3.05) is 37.6 Å². The van der Waals surface area contributed by atoms with E-state index in [1.54, 1.807) is 6.21 Å². The third-order valence-corrected chi connectivity index (χ3v) is 4.68. The number of carbonyl (C=O) groups excluding carboxylic acids is 1. The average Bonchev–Trinajstić information content (AvgIpc) is 2.68.